The highest BCUT2D eigenvalue weighted by Crippen LogP contribution is 2.20. The Balaban J connectivity index is 2.14. The maximum absolute atomic E-state index is 13.4. The quantitative estimate of drug-likeness (QED) is 0.851. The van der Waals surface area contributed by atoms with E-state index < -0.39 is 23.5 Å². The van der Waals surface area contributed by atoms with Crippen molar-refractivity contribution in [3.63, 3.8) is 0 Å². The Bertz CT molecular complexity index is 725. The fraction of sp³-hybridized carbons (Fsp3) is 0. The van der Waals surface area contributed by atoms with Gasteiger partial charge in [0.2, 0.25) is 0 Å². The summed E-state index contributed by atoms with van der Waals surface area (Å²) in [5, 5.41) is 12.3. The SMILES string of the molecule is O=C(O)C=Cc1cc(C(=O)Nc2cccc(F)c2F)cs1. The maximum Gasteiger partial charge on any atom is 0.328 e. The highest BCUT2D eigenvalue weighted by molar-refractivity contribution is 7.11. The van der Waals surface area contributed by atoms with E-state index in [0.29, 0.717) is 4.88 Å². The first kappa shape index (κ1) is 14.9. The lowest BCUT2D eigenvalue weighted by Gasteiger charge is -2.05. The van der Waals surface area contributed by atoms with Crippen molar-refractivity contribution >= 4 is 35.0 Å². The van der Waals surface area contributed by atoms with E-state index in [9.17, 15) is 18.4 Å². The van der Waals surface area contributed by atoms with Crippen LogP contribution in [0.2, 0.25) is 0 Å². The molecule has 0 aliphatic carbocycles. The average molecular weight is 309 g/mol. The molecule has 0 fully saturated rings. The van der Waals surface area contributed by atoms with Crippen molar-refractivity contribution in [1.82, 2.24) is 0 Å². The van der Waals surface area contributed by atoms with E-state index in [1.807, 2.05) is 0 Å². The molecule has 4 nitrogen and oxygen atoms in total. The molecule has 0 atom stereocenters. The molecule has 0 aliphatic rings. The van der Waals surface area contributed by atoms with Crippen LogP contribution in [0.3, 0.4) is 0 Å². The lowest BCUT2D eigenvalue weighted by Crippen LogP contribution is -2.12. The second-order valence-electron chi connectivity index (χ2n) is 3.96. The Labute approximate surface area is 122 Å². The van der Waals surface area contributed by atoms with Gasteiger partial charge in [-0.05, 0) is 24.3 Å². The summed E-state index contributed by atoms with van der Waals surface area (Å²) < 4.78 is 26.5. The molecule has 0 radical (unpaired) electrons. The number of hydrogen-bond donors (Lipinski definition) is 2. The molecular weight excluding hydrogens is 300 g/mol. The highest BCUT2D eigenvalue weighted by atomic mass is 32.1. The summed E-state index contributed by atoms with van der Waals surface area (Å²) in [7, 11) is 0. The van der Waals surface area contributed by atoms with E-state index in [0.717, 1.165) is 23.5 Å². The van der Waals surface area contributed by atoms with Crippen molar-refractivity contribution in [3.8, 4) is 0 Å². The van der Waals surface area contributed by atoms with Crippen molar-refractivity contribution in [3.05, 3.63) is 57.8 Å². The second kappa shape index (κ2) is 6.27. The van der Waals surface area contributed by atoms with Crippen molar-refractivity contribution < 1.29 is 23.5 Å². The van der Waals surface area contributed by atoms with Crippen molar-refractivity contribution in [1.29, 1.82) is 0 Å². The summed E-state index contributed by atoms with van der Waals surface area (Å²) in [6, 6.07) is 4.93. The largest absolute Gasteiger partial charge is 0.478 e. The van der Waals surface area contributed by atoms with Crippen LogP contribution in [0.5, 0.6) is 0 Å². The van der Waals surface area contributed by atoms with E-state index in [2.05, 4.69) is 5.32 Å². The number of halogens is 2. The highest BCUT2D eigenvalue weighted by Gasteiger charge is 2.13. The predicted molar refractivity (Wildman–Crippen MR) is 75.3 cm³/mol. The van der Waals surface area contributed by atoms with Gasteiger partial charge >= 0.3 is 5.97 Å². The lowest BCUT2D eigenvalue weighted by atomic mass is 10.2. The zero-order valence-corrected chi connectivity index (χ0v) is 11.3. The summed E-state index contributed by atoms with van der Waals surface area (Å²) in [5.41, 5.74) is -0.0254. The molecule has 2 aromatic rings. The van der Waals surface area contributed by atoms with Crippen LogP contribution in [0.15, 0.2) is 35.7 Å². The molecule has 1 aromatic carbocycles. The maximum atomic E-state index is 13.4. The number of amides is 1. The van der Waals surface area contributed by atoms with Gasteiger partial charge in [-0.1, -0.05) is 6.07 Å². The van der Waals surface area contributed by atoms with E-state index in [1.165, 1.54) is 29.7 Å². The molecule has 0 unspecified atom stereocenters. The average Bonchev–Trinajstić information content (AvgIpc) is 2.90. The number of carboxylic acids is 1. The first-order valence-corrected chi connectivity index (χ1v) is 6.60. The van der Waals surface area contributed by atoms with Crippen LogP contribution in [0.1, 0.15) is 15.2 Å². The molecule has 7 heteroatoms. The molecule has 0 aliphatic heterocycles. The molecule has 0 spiro atoms. The van der Waals surface area contributed by atoms with Crippen LogP contribution in [0, 0.1) is 11.6 Å². The van der Waals surface area contributed by atoms with Crippen molar-refractivity contribution in [2.24, 2.45) is 0 Å². The topological polar surface area (TPSA) is 66.4 Å². The molecule has 0 saturated heterocycles. The lowest BCUT2D eigenvalue weighted by molar-refractivity contribution is -0.131. The fourth-order valence-corrected chi connectivity index (χ4v) is 2.29. The molecule has 1 heterocycles. The monoisotopic (exact) mass is 309 g/mol. The van der Waals surface area contributed by atoms with Gasteiger partial charge in [-0.3, -0.25) is 4.79 Å². The molecule has 2 N–H and O–H groups in total. The summed E-state index contributed by atoms with van der Waals surface area (Å²) in [6.07, 6.45) is 2.28. The zero-order valence-electron chi connectivity index (χ0n) is 10.5. The van der Waals surface area contributed by atoms with Gasteiger partial charge < -0.3 is 10.4 Å². The number of hydrogen-bond acceptors (Lipinski definition) is 3. The fourth-order valence-electron chi connectivity index (χ4n) is 1.51. The molecule has 1 aromatic heterocycles. The number of nitrogens with one attached hydrogen (secondary N) is 1. The van der Waals surface area contributed by atoms with E-state index >= 15 is 0 Å². The molecule has 2 rings (SSSR count). The number of carboxylic acid groups (broad SMARTS) is 1. The Morgan fingerprint density at radius 3 is 2.76 bits per heavy atom. The Kier molecular flexibility index (Phi) is 4.44. The van der Waals surface area contributed by atoms with Crippen LogP contribution in [0.4, 0.5) is 14.5 Å². The number of carbonyl (C=O) groups is 2. The summed E-state index contributed by atoms with van der Waals surface area (Å²) in [6.45, 7) is 0. The number of carbonyl (C=O) groups excluding carboxylic acids is 1. The molecule has 108 valence electrons. The summed E-state index contributed by atoms with van der Waals surface area (Å²) >= 11 is 1.16. The van der Waals surface area contributed by atoms with Gasteiger partial charge in [0, 0.05) is 16.3 Å². The van der Waals surface area contributed by atoms with Gasteiger partial charge in [-0.2, -0.15) is 0 Å². The molecular formula is C14H9F2NO3S. The molecule has 21 heavy (non-hydrogen) atoms. The number of benzene rings is 1. The van der Waals surface area contributed by atoms with Gasteiger partial charge in [0.05, 0.1) is 11.3 Å². The summed E-state index contributed by atoms with van der Waals surface area (Å²) in [5.74, 6) is -3.89. The van der Waals surface area contributed by atoms with Crippen LogP contribution in [0.25, 0.3) is 6.08 Å². The zero-order chi connectivity index (χ0) is 15.4. The van der Waals surface area contributed by atoms with Crippen LogP contribution in [-0.4, -0.2) is 17.0 Å². The van der Waals surface area contributed by atoms with E-state index in [4.69, 9.17) is 5.11 Å². The summed E-state index contributed by atoms with van der Waals surface area (Å²) in [4.78, 5) is 22.8. The number of rotatable bonds is 4. The standard InChI is InChI=1S/C14H9F2NO3S/c15-10-2-1-3-11(13(10)16)17-14(20)8-6-9(21-7-8)4-5-12(18)19/h1-7H,(H,17,20)(H,18,19). The second-order valence-corrected chi connectivity index (χ2v) is 4.91. The van der Waals surface area contributed by atoms with Gasteiger partial charge in [0.1, 0.15) is 0 Å². The van der Waals surface area contributed by atoms with Crippen molar-refractivity contribution in [2.75, 3.05) is 5.32 Å². The van der Waals surface area contributed by atoms with Crippen LogP contribution < -0.4 is 5.32 Å². The molecule has 0 bridgehead atoms. The van der Waals surface area contributed by atoms with Crippen LogP contribution >= 0.6 is 11.3 Å². The molecule has 0 saturated carbocycles. The first-order valence-electron chi connectivity index (χ1n) is 5.72. The third kappa shape index (κ3) is 3.73. The smallest absolute Gasteiger partial charge is 0.328 e. The Hall–Kier alpha value is -2.54. The Morgan fingerprint density at radius 1 is 1.29 bits per heavy atom. The van der Waals surface area contributed by atoms with E-state index in [-0.39, 0.29) is 11.3 Å². The number of aliphatic carboxylic acids is 1. The first-order chi connectivity index (χ1) is 9.97. The van der Waals surface area contributed by atoms with Crippen LogP contribution in [-0.2, 0) is 4.79 Å². The van der Waals surface area contributed by atoms with Gasteiger partial charge in [0.15, 0.2) is 11.6 Å². The number of anilines is 1. The van der Waals surface area contributed by atoms with Gasteiger partial charge in [-0.25, -0.2) is 13.6 Å². The molecule has 1 amide bonds. The predicted octanol–water partition coefficient (Wildman–Crippen LogP) is 3.38. The van der Waals surface area contributed by atoms with E-state index in [1.54, 1.807) is 0 Å². The van der Waals surface area contributed by atoms with Gasteiger partial charge in [-0.15, -0.1) is 11.3 Å². The number of thiophene rings is 1. The minimum absolute atomic E-state index is 0.230. The minimum atomic E-state index is -1.13. The van der Waals surface area contributed by atoms with Gasteiger partial charge in [0.25, 0.3) is 5.91 Å². The third-order valence-corrected chi connectivity index (χ3v) is 3.37. The Morgan fingerprint density at radius 2 is 2.05 bits per heavy atom. The normalized spacial score (nSPS) is 10.8. The third-order valence-electron chi connectivity index (χ3n) is 2.47. The minimum Gasteiger partial charge on any atom is -0.478 e. The van der Waals surface area contributed by atoms with Crippen molar-refractivity contribution in [2.45, 2.75) is 0 Å².